The third-order valence-electron chi connectivity index (χ3n) is 16.4. The van der Waals surface area contributed by atoms with Gasteiger partial charge < -0.3 is 18.6 Å². The van der Waals surface area contributed by atoms with Gasteiger partial charge in [-0.15, -0.1) is 0 Å². The maximum atomic E-state index is 7.18. The molecule has 0 saturated carbocycles. The number of fused-ring (bicyclic) bond motifs is 16. The van der Waals surface area contributed by atoms with Crippen molar-refractivity contribution in [3.8, 4) is 78.9 Å². The van der Waals surface area contributed by atoms with Crippen LogP contribution in [0, 0.1) is 0 Å². The first kappa shape index (κ1) is 41.3. The smallest absolute Gasteiger partial charge is 0.260 e. The lowest BCUT2D eigenvalue weighted by Gasteiger charge is -2.35. The Morgan fingerprint density at radius 2 is 0.878 bits per heavy atom. The number of para-hydroxylation sites is 5. The molecule has 4 heterocycles. The summed E-state index contributed by atoms with van der Waals surface area (Å²) >= 11 is 0. The van der Waals surface area contributed by atoms with E-state index < -0.39 is 0 Å². The number of hydrogen-bond acceptors (Lipinski definition) is 2. The van der Waals surface area contributed by atoms with Gasteiger partial charge >= 0.3 is 0 Å². The van der Waals surface area contributed by atoms with Crippen molar-refractivity contribution in [2.24, 2.45) is 0 Å². The summed E-state index contributed by atoms with van der Waals surface area (Å²) in [6, 6.07) is 85.9. The van der Waals surface area contributed by atoms with Crippen LogP contribution in [0.15, 0.2) is 237 Å². The second kappa shape index (κ2) is 15.3. The zero-order valence-corrected chi connectivity index (χ0v) is 40.8. The zero-order chi connectivity index (χ0) is 48.8. The van der Waals surface area contributed by atoms with Crippen LogP contribution in [0.5, 0.6) is 23.0 Å². The number of ether oxygens (including phenoxy) is 2. The lowest BCUT2D eigenvalue weighted by atomic mass is 9.34. The van der Waals surface area contributed by atoms with Gasteiger partial charge in [0, 0.05) is 60.5 Å². The normalized spacial score (nSPS) is 13.6. The van der Waals surface area contributed by atoms with Crippen molar-refractivity contribution in [3.63, 3.8) is 0 Å². The van der Waals surface area contributed by atoms with Gasteiger partial charge in [-0.1, -0.05) is 202 Å². The molecule has 0 saturated heterocycles. The predicted octanol–water partition coefficient (Wildman–Crippen LogP) is 15.9. The minimum absolute atomic E-state index is 0.0876. The Morgan fingerprint density at radius 1 is 0.392 bits per heavy atom. The number of aromatic nitrogens is 2. The molecule has 0 radical (unpaired) electrons. The summed E-state index contributed by atoms with van der Waals surface area (Å²) in [5.74, 6) is 3.40. The molecule has 11 aromatic carbocycles. The van der Waals surface area contributed by atoms with Crippen LogP contribution in [-0.4, -0.2) is 15.8 Å². The fourth-order valence-electron chi connectivity index (χ4n) is 13.3. The van der Waals surface area contributed by atoms with Crippen LogP contribution in [0.4, 0.5) is 0 Å². The average Bonchev–Trinajstić information content (AvgIpc) is 4.13. The molecule has 2 aromatic heterocycles. The second-order valence-electron chi connectivity index (χ2n) is 20.7. The summed E-state index contributed by atoms with van der Waals surface area (Å²) in [5, 5.41) is 5.06. The van der Waals surface area contributed by atoms with E-state index in [-0.39, 0.29) is 12.1 Å². The Morgan fingerprint density at radius 3 is 1.49 bits per heavy atom. The molecule has 4 nitrogen and oxygen atoms in total. The summed E-state index contributed by atoms with van der Waals surface area (Å²) in [6.45, 7) is 4.75. The van der Waals surface area contributed by atoms with Crippen molar-refractivity contribution in [1.82, 2.24) is 9.13 Å². The molecule has 0 fully saturated rings. The first-order chi connectivity index (χ1) is 36.5. The highest BCUT2D eigenvalue weighted by molar-refractivity contribution is 6.98. The van der Waals surface area contributed by atoms with E-state index in [9.17, 15) is 0 Å². The quantitative estimate of drug-likeness (QED) is 0.161. The molecule has 3 aliphatic rings. The molecule has 13 aromatic rings. The molecule has 16 rings (SSSR count). The van der Waals surface area contributed by atoms with Crippen LogP contribution in [0.1, 0.15) is 25.0 Å². The molecule has 0 unspecified atom stereocenters. The van der Waals surface area contributed by atoms with Crippen molar-refractivity contribution >= 4 is 66.7 Å². The largest absolute Gasteiger partial charge is 0.458 e. The summed E-state index contributed by atoms with van der Waals surface area (Å²) in [7, 11) is 0. The van der Waals surface area contributed by atoms with Crippen molar-refractivity contribution in [2.75, 3.05) is 0 Å². The van der Waals surface area contributed by atoms with E-state index in [0.29, 0.717) is 0 Å². The summed E-state index contributed by atoms with van der Waals surface area (Å²) in [4.78, 5) is 0. The molecular formula is C69H45BN2O2. The predicted molar refractivity (Wildman–Crippen MR) is 307 cm³/mol. The van der Waals surface area contributed by atoms with Gasteiger partial charge in [-0.05, 0) is 98.4 Å². The molecule has 74 heavy (non-hydrogen) atoms. The van der Waals surface area contributed by atoms with Crippen LogP contribution in [0.3, 0.4) is 0 Å². The van der Waals surface area contributed by atoms with Crippen molar-refractivity contribution in [2.45, 2.75) is 19.3 Å². The molecule has 0 amide bonds. The van der Waals surface area contributed by atoms with Gasteiger partial charge in [-0.25, -0.2) is 0 Å². The van der Waals surface area contributed by atoms with Crippen LogP contribution in [-0.2, 0) is 5.41 Å². The number of benzene rings is 11. The number of hydrogen-bond donors (Lipinski definition) is 0. The lowest BCUT2D eigenvalue weighted by Crippen LogP contribution is -2.57. The maximum Gasteiger partial charge on any atom is 0.260 e. The Bertz CT molecular complexity index is 4380. The highest BCUT2D eigenvalue weighted by Gasteiger charge is 2.44. The standard InChI is InChI=1S/C69H45BN2O2/c1-69(2)53-31-15-12-26-50(53)60-63(69)61-51-27-13-16-34-56(51)72(66(61)62-52-28-14-17-35-57(52)71(65(60)62)46-24-10-5-11-25-46)47-38-36-42(37-39-47)45-40-58-64-59(41-45)74-68-49(44-22-8-4-9-23-44)30-19-33-55(68)70(64)54-32-18-29-48(67(54)73-58)43-20-6-3-7-21-43/h3-41H,1-2H3. The van der Waals surface area contributed by atoms with Gasteiger partial charge in [-0.2, -0.15) is 0 Å². The Hall–Kier alpha value is -9.32. The van der Waals surface area contributed by atoms with Gasteiger partial charge in [-0.3, -0.25) is 0 Å². The van der Waals surface area contributed by atoms with Crippen LogP contribution in [0.25, 0.3) is 99.5 Å². The summed E-state index contributed by atoms with van der Waals surface area (Å²) in [6.07, 6.45) is 0. The maximum absolute atomic E-state index is 7.18. The van der Waals surface area contributed by atoms with E-state index in [0.717, 1.165) is 84.1 Å². The topological polar surface area (TPSA) is 28.3 Å². The number of nitrogens with zero attached hydrogens (tertiary/aromatic N) is 2. The molecular weight excluding hydrogens is 900 g/mol. The van der Waals surface area contributed by atoms with E-state index >= 15 is 0 Å². The SMILES string of the molecule is CC1(C)c2ccccc2-c2c1c1c3ccccc3n(-c3ccc(-c4cc5c6c(c4)Oc4c(cccc4-c4ccccc4)B6c4cccc(-c6ccccc6)c4O5)cc3)c1c1c3ccccc3n(-c3ccccc3)c21. The lowest BCUT2D eigenvalue weighted by molar-refractivity contribution is 0.466. The van der Waals surface area contributed by atoms with Gasteiger partial charge in [0.05, 0.1) is 22.1 Å². The molecule has 1 aliphatic carbocycles. The highest BCUT2D eigenvalue weighted by Crippen LogP contribution is 2.58. The first-order valence-electron chi connectivity index (χ1n) is 25.7. The third-order valence-corrected chi connectivity index (χ3v) is 16.4. The van der Waals surface area contributed by atoms with E-state index in [4.69, 9.17) is 9.47 Å². The van der Waals surface area contributed by atoms with Gasteiger partial charge in [0.1, 0.15) is 23.0 Å². The fourth-order valence-corrected chi connectivity index (χ4v) is 13.3. The van der Waals surface area contributed by atoms with Crippen LogP contribution >= 0.6 is 0 Å². The third kappa shape index (κ3) is 5.64. The van der Waals surface area contributed by atoms with Gasteiger partial charge in [0.25, 0.3) is 6.71 Å². The first-order valence-corrected chi connectivity index (χ1v) is 25.7. The Labute approximate surface area is 429 Å². The van der Waals surface area contributed by atoms with Gasteiger partial charge in [0.15, 0.2) is 0 Å². The molecule has 0 N–H and O–H groups in total. The van der Waals surface area contributed by atoms with E-state index in [1.807, 2.05) is 0 Å². The van der Waals surface area contributed by atoms with E-state index in [1.165, 1.54) is 65.9 Å². The summed E-state index contributed by atoms with van der Waals surface area (Å²) < 4.78 is 19.4. The van der Waals surface area contributed by atoms with E-state index in [1.54, 1.807) is 0 Å². The zero-order valence-electron chi connectivity index (χ0n) is 40.8. The molecule has 5 heteroatoms. The molecule has 0 bridgehead atoms. The fraction of sp³-hybridized carbons (Fsp3) is 0.0435. The Kier molecular flexibility index (Phi) is 8.57. The molecule has 0 atom stereocenters. The van der Waals surface area contributed by atoms with Crippen molar-refractivity contribution in [3.05, 3.63) is 248 Å². The van der Waals surface area contributed by atoms with Crippen molar-refractivity contribution in [1.29, 1.82) is 0 Å². The minimum Gasteiger partial charge on any atom is -0.458 e. The highest BCUT2D eigenvalue weighted by atomic mass is 16.5. The van der Waals surface area contributed by atoms with E-state index in [2.05, 4.69) is 260 Å². The van der Waals surface area contributed by atoms with Crippen LogP contribution in [0.2, 0.25) is 0 Å². The van der Waals surface area contributed by atoms with Gasteiger partial charge in [0.2, 0.25) is 0 Å². The van der Waals surface area contributed by atoms with Crippen molar-refractivity contribution < 1.29 is 9.47 Å². The Balaban J connectivity index is 0.926. The summed E-state index contributed by atoms with van der Waals surface area (Å²) in [5.41, 5.74) is 22.0. The second-order valence-corrected chi connectivity index (χ2v) is 20.7. The molecule has 0 spiro atoms. The minimum atomic E-state index is -0.268. The average molecular weight is 945 g/mol. The van der Waals surface area contributed by atoms with Crippen LogP contribution < -0.4 is 25.9 Å². The monoisotopic (exact) mass is 944 g/mol. The molecule has 346 valence electrons. The number of rotatable bonds is 5. The molecule has 2 aliphatic heterocycles.